The van der Waals surface area contributed by atoms with E-state index in [1.54, 1.807) is 21.6 Å². The molecule has 2 aromatic heterocycles. The van der Waals surface area contributed by atoms with Gasteiger partial charge in [-0.05, 0) is 62.8 Å². The zero-order chi connectivity index (χ0) is 25.4. The minimum Gasteiger partial charge on any atom is -0.353 e. The van der Waals surface area contributed by atoms with Crippen LogP contribution in [0.1, 0.15) is 54.9 Å². The predicted octanol–water partition coefficient (Wildman–Crippen LogP) is 5.48. The summed E-state index contributed by atoms with van der Waals surface area (Å²) < 4.78 is 2.09. The number of benzene rings is 1. The molecule has 0 bridgehead atoms. The third-order valence-electron chi connectivity index (χ3n) is 7.04. The summed E-state index contributed by atoms with van der Waals surface area (Å²) in [6.45, 7) is 7.44. The molecular formula is C28H30N4O2S2. The highest BCUT2D eigenvalue weighted by Gasteiger charge is 2.34. The number of rotatable bonds is 5. The van der Waals surface area contributed by atoms with Crippen LogP contribution in [-0.4, -0.2) is 37.1 Å². The Bertz CT molecular complexity index is 1430. The summed E-state index contributed by atoms with van der Waals surface area (Å²) in [4.78, 5) is 36.6. The Hall–Kier alpha value is -2.97. The van der Waals surface area contributed by atoms with Crippen molar-refractivity contribution >= 4 is 51.7 Å². The third kappa shape index (κ3) is 4.60. The number of hydrogen-bond acceptors (Lipinski definition) is 6. The van der Waals surface area contributed by atoms with Crippen molar-refractivity contribution in [3.05, 3.63) is 80.1 Å². The predicted molar refractivity (Wildman–Crippen MR) is 151 cm³/mol. The fourth-order valence-corrected chi connectivity index (χ4v) is 6.23. The van der Waals surface area contributed by atoms with Gasteiger partial charge >= 0.3 is 0 Å². The van der Waals surface area contributed by atoms with Crippen molar-refractivity contribution in [1.82, 2.24) is 14.3 Å². The van der Waals surface area contributed by atoms with Crippen LogP contribution in [-0.2, 0) is 11.3 Å². The first-order valence-electron chi connectivity index (χ1n) is 12.5. The number of piperidine rings is 1. The van der Waals surface area contributed by atoms with E-state index in [0.717, 1.165) is 36.9 Å². The van der Waals surface area contributed by atoms with Crippen molar-refractivity contribution in [2.45, 2.75) is 59.0 Å². The summed E-state index contributed by atoms with van der Waals surface area (Å²) in [5, 5.41) is 0. The van der Waals surface area contributed by atoms with Crippen molar-refractivity contribution in [3.63, 3.8) is 0 Å². The van der Waals surface area contributed by atoms with Crippen LogP contribution in [0.4, 0.5) is 5.82 Å². The molecule has 0 saturated carbocycles. The number of pyridine rings is 1. The molecule has 4 heterocycles. The Morgan fingerprint density at radius 2 is 1.92 bits per heavy atom. The summed E-state index contributed by atoms with van der Waals surface area (Å²) >= 11 is 6.83. The average molecular weight is 519 g/mol. The van der Waals surface area contributed by atoms with Gasteiger partial charge in [0.2, 0.25) is 0 Å². The molecular weight excluding hydrogens is 488 g/mol. The van der Waals surface area contributed by atoms with Crippen LogP contribution in [0.2, 0.25) is 0 Å². The van der Waals surface area contributed by atoms with E-state index in [-0.39, 0.29) is 11.5 Å². The Morgan fingerprint density at radius 1 is 1.14 bits per heavy atom. The van der Waals surface area contributed by atoms with E-state index < -0.39 is 0 Å². The van der Waals surface area contributed by atoms with Crippen LogP contribution in [0.15, 0.2) is 52.3 Å². The van der Waals surface area contributed by atoms with Gasteiger partial charge in [-0.3, -0.25) is 18.9 Å². The van der Waals surface area contributed by atoms with E-state index in [0.29, 0.717) is 38.8 Å². The molecule has 2 fully saturated rings. The maximum Gasteiger partial charge on any atom is 0.267 e. The largest absolute Gasteiger partial charge is 0.353 e. The molecule has 186 valence electrons. The highest BCUT2D eigenvalue weighted by molar-refractivity contribution is 8.26. The Balaban J connectivity index is 1.59. The normalized spacial score (nSPS) is 19.6. The molecule has 1 aromatic carbocycles. The molecule has 6 nitrogen and oxygen atoms in total. The molecule has 1 atom stereocenters. The summed E-state index contributed by atoms with van der Waals surface area (Å²) in [6.07, 6.45) is 7.75. The number of fused-ring (bicyclic) bond motifs is 1. The lowest BCUT2D eigenvalue weighted by molar-refractivity contribution is -0.122. The second kappa shape index (κ2) is 10.2. The molecule has 2 saturated heterocycles. The molecule has 0 spiro atoms. The van der Waals surface area contributed by atoms with Crippen molar-refractivity contribution in [2.75, 3.05) is 11.4 Å². The van der Waals surface area contributed by atoms with Gasteiger partial charge in [0.25, 0.3) is 11.5 Å². The Kier molecular flexibility index (Phi) is 6.99. The standard InChI is InChI=1S/C28H30N4O2S2/c1-4-21-9-5-6-14-30(21)25-22(26(33)31-15-7-8-19(3)24(31)29-25)16-23-27(34)32(28(35)36-23)17-20-12-10-18(2)11-13-20/h7-8,10-13,15-16,21H,4-6,9,14,17H2,1-3H3. The van der Waals surface area contributed by atoms with Crippen molar-refractivity contribution in [1.29, 1.82) is 0 Å². The Morgan fingerprint density at radius 3 is 2.67 bits per heavy atom. The molecule has 2 aliphatic heterocycles. The van der Waals surface area contributed by atoms with Gasteiger partial charge in [0.1, 0.15) is 15.8 Å². The molecule has 36 heavy (non-hydrogen) atoms. The van der Waals surface area contributed by atoms with Gasteiger partial charge in [0, 0.05) is 18.8 Å². The van der Waals surface area contributed by atoms with Crippen LogP contribution in [0, 0.1) is 13.8 Å². The maximum absolute atomic E-state index is 13.8. The first-order chi connectivity index (χ1) is 17.4. The van der Waals surface area contributed by atoms with Crippen LogP contribution in [0.3, 0.4) is 0 Å². The average Bonchev–Trinajstić information content (AvgIpc) is 3.14. The number of amides is 1. The fourth-order valence-electron chi connectivity index (χ4n) is 4.99. The molecule has 8 heteroatoms. The zero-order valence-corrected chi connectivity index (χ0v) is 22.5. The lowest BCUT2D eigenvalue weighted by Gasteiger charge is -2.37. The molecule has 0 radical (unpaired) electrons. The maximum atomic E-state index is 13.8. The molecule has 3 aromatic rings. The first kappa shape index (κ1) is 24.7. The lowest BCUT2D eigenvalue weighted by Crippen LogP contribution is -2.41. The summed E-state index contributed by atoms with van der Waals surface area (Å²) in [6, 6.07) is 12.2. The van der Waals surface area contributed by atoms with Gasteiger partial charge in [0.05, 0.1) is 17.0 Å². The van der Waals surface area contributed by atoms with Crippen LogP contribution >= 0.6 is 24.0 Å². The molecule has 5 rings (SSSR count). The highest BCUT2D eigenvalue weighted by Crippen LogP contribution is 2.35. The number of anilines is 1. The monoisotopic (exact) mass is 518 g/mol. The van der Waals surface area contributed by atoms with Gasteiger partial charge in [0.15, 0.2) is 0 Å². The number of hydrogen-bond donors (Lipinski definition) is 0. The zero-order valence-electron chi connectivity index (χ0n) is 20.9. The molecule has 1 unspecified atom stereocenters. The second-order valence-electron chi connectivity index (χ2n) is 9.54. The smallest absolute Gasteiger partial charge is 0.267 e. The number of aromatic nitrogens is 2. The SMILES string of the molecule is CCC1CCCCN1c1nc2c(C)cccn2c(=O)c1C=C1SC(=S)N(Cc2ccc(C)cc2)C1=O. The number of thioether (sulfide) groups is 1. The number of carbonyl (C=O) groups is 1. The molecule has 2 aliphatic rings. The first-order valence-corrected chi connectivity index (χ1v) is 13.7. The summed E-state index contributed by atoms with van der Waals surface area (Å²) in [5.74, 6) is 0.501. The van der Waals surface area contributed by atoms with E-state index in [2.05, 4.69) is 11.8 Å². The number of nitrogens with zero attached hydrogens (tertiary/aromatic N) is 4. The van der Waals surface area contributed by atoms with Crippen molar-refractivity contribution in [3.8, 4) is 0 Å². The van der Waals surface area contributed by atoms with E-state index in [1.807, 2.05) is 50.2 Å². The second-order valence-corrected chi connectivity index (χ2v) is 11.2. The fraction of sp³-hybridized carbons (Fsp3) is 0.357. The van der Waals surface area contributed by atoms with E-state index in [9.17, 15) is 9.59 Å². The molecule has 0 aliphatic carbocycles. The third-order valence-corrected chi connectivity index (χ3v) is 8.42. The van der Waals surface area contributed by atoms with Gasteiger partial charge in [-0.2, -0.15) is 0 Å². The van der Waals surface area contributed by atoms with E-state index in [4.69, 9.17) is 17.2 Å². The van der Waals surface area contributed by atoms with Gasteiger partial charge < -0.3 is 4.90 Å². The van der Waals surface area contributed by atoms with Gasteiger partial charge in [-0.25, -0.2) is 4.98 Å². The number of aryl methyl sites for hydroxylation is 2. The minimum atomic E-state index is -0.170. The highest BCUT2D eigenvalue weighted by atomic mass is 32.2. The minimum absolute atomic E-state index is 0.164. The topological polar surface area (TPSA) is 57.9 Å². The Labute approximate surface area is 221 Å². The van der Waals surface area contributed by atoms with Crippen molar-refractivity contribution < 1.29 is 4.79 Å². The van der Waals surface area contributed by atoms with Crippen LogP contribution in [0.25, 0.3) is 11.7 Å². The van der Waals surface area contributed by atoms with Crippen LogP contribution < -0.4 is 10.5 Å². The van der Waals surface area contributed by atoms with Crippen molar-refractivity contribution in [2.24, 2.45) is 0 Å². The lowest BCUT2D eigenvalue weighted by atomic mass is 9.99. The number of thiocarbonyl (C=S) groups is 1. The van der Waals surface area contributed by atoms with E-state index >= 15 is 0 Å². The molecule has 1 amide bonds. The van der Waals surface area contributed by atoms with Gasteiger partial charge in [-0.1, -0.05) is 66.8 Å². The quantitative estimate of drug-likeness (QED) is 0.329. The van der Waals surface area contributed by atoms with Crippen LogP contribution in [0.5, 0.6) is 0 Å². The summed E-state index contributed by atoms with van der Waals surface area (Å²) in [5.41, 5.74) is 4.07. The molecule has 0 N–H and O–H groups in total. The summed E-state index contributed by atoms with van der Waals surface area (Å²) in [7, 11) is 0. The number of carbonyl (C=O) groups excluding carboxylic acids is 1. The van der Waals surface area contributed by atoms with Gasteiger partial charge in [-0.15, -0.1) is 0 Å². The van der Waals surface area contributed by atoms with E-state index in [1.165, 1.54) is 23.7 Å².